The third-order valence-corrected chi connectivity index (χ3v) is 13.3. The van der Waals surface area contributed by atoms with Crippen LogP contribution in [0.5, 0.6) is 0 Å². The van der Waals surface area contributed by atoms with E-state index >= 15 is 0 Å². The Morgan fingerprint density at radius 3 is 0.766 bits per heavy atom. The van der Waals surface area contributed by atoms with Crippen molar-refractivity contribution in [3.8, 4) is 0 Å². The van der Waals surface area contributed by atoms with Crippen LogP contribution in [0.1, 0.15) is 329 Å². The minimum Gasteiger partial charge on any atom is -0.462 e. The van der Waals surface area contributed by atoms with Crippen molar-refractivity contribution < 1.29 is 28.6 Å². The summed E-state index contributed by atoms with van der Waals surface area (Å²) < 4.78 is 16.9. The number of hydrogen-bond donors (Lipinski definition) is 0. The highest BCUT2D eigenvalue weighted by Gasteiger charge is 2.19. The van der Waals surface area contributed by atoms with Gasteiger partial charge in [0.1, 0.15) is 13.2 Å². The van der Waals surface area contributed by atoms with E-state index in [1.807, 2.05) is 0 Å². The predicted octanol–water partition coefficient (Wildman–Crippen LogP) is 19.0. The third-order valence-electron chi connectivity index (χ3n) is 13.3. The van der Waals surface area contributed by atoms with Crippen molar-refractivity contribution in [2.45, 2.75) is 336 Å². The van der Waals surface area contributed by atoms with E-state index in [1.165, 1.54) is 225 Å². The highest BCUT2D eigenvalue weighted by atomic mass is 16.6. The van der Waals surface area contributed by atoms with E-state index in [0.717, 1.165) is 63.7 Å². The molecule has 0 aromatic heterocycles. The van der Waals surface area contributed by atoms with Gasteiger partial charge in [0.15, 0.2) is 6.10 Å². The Hall–Kier alpha value is -1.59. The van der Waals surface area contributed by atoms with Crippen LogP contribution >= 0.6 is 0 Å². The molecule has 0 aromatic carbocycles. The molecule has 0 aliphatic rings. The lowest BCUT2D eigenvalue weighted by atomic mass is 10.0. The van der Waals surface area contributed by atoms with E-state index < -0.39 is 6.10 Å². The highest BCUT2D eigenvalue weighted by molar-refractivity contribution is 5.71. The number of carbonyl (C=O) groups is 3. The molecule has 1 atom stereocenters. The molecule has 0 rings (SSSR count). The average molecular weight is 906 g/mol. The predicted molar refractivity (Wildman–Crippen MR) is 275 cm³/mol. The van der Waals surface area contributed by atoms with E-state index in [9.17, 15) is 14.4 Å². The summed E-state index contributed by atoms with van der Waals surface area (Å²) in [5.74, 6) is 0.00501. The van der Waals surface area contributed by atoms with Crippen molar-refractivity contribution in [3.63, 3.8) is 0 Å². The van der Waals surface area contributed by atoms with E-state index in [2.05, 4.69) is 27.7 Å². The van der Waals surface area contributed by atoms with Crippen LogP contribution in [0.2, 0.25) is 0 Å². The van der Waals surface area contributed by atoms with Crippen molar-refractivity contribution >= 4 is 17.9 Å². The Labute approximate surface area is 399 Å². The number of esters is 3. The lowest BCUT2D eigenvalue weighted by molar-refractivity contribution is -0.167. The summed E-state index contributed by atoms with van der Waals surface area (Å²) in [6, 6.07) is 0. The van der Waals surface area contributed by atoms with Crippen LogP contribution in [0, 0.1) is 5.92 Å². The summed E-state index contributed by atoms with van der Waals surface area (Å²) in [6.07, 6.45) is 56.6. The maximum Gasteiger partial charge on any atom is 0.306 e. The van der Waals surface area contributed by atoms with Gasteiger partial charge in [0.2, 0.25) is 0 Å². The van der Waals surface area contributed by atoms with Crippen molar-refractivity contribution in [2.75, 3.05) is 13.2 Å². The van der Waals surface area contributed by atoms with Gasteiger partial charge in [-0.15, -0.1) is 0 Å². The minimum atomic E-state index is -0.761. The van der Waals surface area contributed by atoms with Crippen molar-refractivity contribution in [1.29, 1.82) is 0 Å². The molecule has 0 bridgehead atoms. The van der Waals surface area contributed by atoms with E-state index in [-0.39, 0.29) is 31.1 Å². The third kappa shape index (κ3) is 51.4. The van der Waals surface area contributed by atoms with Gasteiger partial charge >= 0.3 is 17.9 Å². The summed E-state index contributed by atoms with van der Waals surface area (Å²) in [5, 5.41) is 0. The zero-order valence-electron chi connectivity index (χ0n) is 43.8. The molecule has 0 heterocycles. The second-order valence-electron chi connectivity index (χ2n) is 20.4. The molecule has 380 valence electrons. The maximum atomic E-state index is 12.8. The Morgan fingerprint density at radius 2 is 0.516 bits per heavy atom. The van der Waals surface area contributed by atoms with Crippen LogP contribution in [-0.2, 0) is 28.6 Å². The Morgan fingerprint density at radius 1 is 0.297 bits per heavy atom. The molecule has 0 N–H and O–H groups in total. The molecule has 0 radical (unpaired) electrons. The number of hydrogen-bond acceptors (Lipinski definition) is 6. The SMILES string of the molecule is CCCCCCCCCCCCCCCCCCC(=O)O[C@H](COC(=O)CCCCCCCCCCCCCCCC)COC(=O)CCCCCCCCCCCCCCCC(C)C. The molecule has 0 spiro atoms. The summed E-state index contributed by atoms with van der Waals surface area (Å²) >= 11 is 0. The van der Waals surface area contributed by atoms with Crippen LogP contribution in [0.15, 0.2) is 0 Å². The molecule has 0 aromatic rings. The molecule has 6 heteroatoms. The molecule has 64 heavy (non-hydrogen) atoms. The Balaban J connectivity index is 4.30. The van der Waals surface area contributed by atoms with Crippen molar-refractivity contribution in [1.82, 2.24) is 0 Å². The first-order chi connectivity index (χ1) is 31.4. The first-order valence-corrected chi connectivity index (χ1v) is 28.9. The Bertz CT molecular complexity index is 964. The second-order valence-corrected chi connectivity index (χ2v) is 20.4. The molecule has 0 saturated carbocycles. The number of unbranched alkanes of at least 4 members (excludes halogenated alkanes) is 40. The highest BCUT2D eigenvalue weighted by Crippen LogP contribution is 2.18. The van der Waals surface area contributed by atoms with Crippen LogP contribution in [0.4, 0.5) is 0 Å². The second kappa shape index (κ2) is 52.4. The van der Waals surface area contributed by atoms with Gasteiger partial charge < -0.3 is 14.2 Å². The molecule has 0 fully saturated rings. The molecule has 6 nitrogen and oxygen atoms in total. The van der Waals surface area contributed by atoms with Gasteiger partial charge in [-0.05, 0) is 25.2 Å². The van der Waals surface area contributed by atoms with Crippen molar-refractivity contribution in [2.24, 2.45) is 5.92 Å². The molecule has 0 amide bonds. The topological polar surface area (TPSA) is 78.9 Å². The monoisotopic (exact) mass is 905 g/mol. The zero-order chi connectivity index (χ0) is 46.7. The summed E-state index contributed by atoms with van der Waals surface area (Å²) in [7, 11) is 0. The van der Waals surface area contributed by atoms with Crippen LogP contribution in [-0.4, -0.2) is 37.2 Å². The minimum absolute atomic E-state index is 0.0618. The normalized spacial score (nSPS) is 12.0. The fourth-order valence-corrected chi connectivity index (χ4v) is 8.92. The summed E-state index contributed by atoms with van der Waals surface area (Å²) in [6.45, 7) is 9.06. The smallest absolute Gasteiger partial charge is 0.306 e. The van der Waals surface area contributed by atoms with Crippen LogP contribution in [0.25, 0.3) is 0 Å². The molecular weight excluding hydrogens is 793 g/mol. The molecular formula is C58H112O6. The van der Waals surface area contributed by atoms with Gasteiger partial charge in [0.05, 0.1) is 0 Å². The quantitative estimate of drug-likeness (QED) is 0.0344. The number of carbonyl (C=O) groups excluding carboxylic acids is 3. The summed E-state index contributed by atoms with van der Waals surface area (Å²) in [5.41, 5.74) is 0. The largest absolute Gasteiger partial charge is 0.462 e. The van der Waals surface area contributed by atoms with Gasteiger partial charge in [0, 0.05) is 19.3 Å². The first kappa shape index (κ1) is 62.4. The zero-order valence-corrected chi connectivity index (χ0v) is 43.8. The lowest BCUT2D eigenvalue weighted by Crippen LogP contribution is -2.30. The van der Waals surface area contributed by atoms with Crippen LogP contribution in [0.3, 0.4) is 0 Å². The Kier molecular flexibility index (Phi) is 51.1. The fraction of sp³-hybridized carbons (Fsp3) is 0.948. The molecule has 0 unspecified atom stereocenters. The first-order valence-electron chi connectivity index (χ1n) is 28.9. The lowest BCUT2D eigenvalue weighted by Gasteiger charge is -2.18. The van der Waals surface area contributed by atoms with Gasteiger partial charge in [-0.25, -0.2) is 0 Å². The molecule has 0 aliphatic carbocycles. The maximum absolute atomic E-state index is 12.8. The molecule has 0 aliphatic heterocycles. The van der Waals surface area contributed by atoms with E-state index in [0.29, 0.717) is 19.3 Å². The van der Waals surface area contributed by atoms with Crippen molar-refractivity contribution in [3.05, 3.63) is 0 Å². The number of rotatable bonds is 53. The van der Waals surface area contributed by atoms with E-state index in [4.69, 9.17) is 14.2 Å². The van der Waals surface area contributed by atoms with Gasteiger partial charge in [-0.2, -0.15) is 0 Å². The van der Waals surface area contributed by atoms with Crippen LogP contribution < -0.4 is 0 Å². The number of ether oxygens (including phenoxy) is 3. The standard InChI is InChI=1S/C58H112O6/c1-5-7-9-11-13-15-17-19-21-22-26-31-35-39-43-47-51-58(61)64-55(52-62-56(59)49-45-41-37-33-29-25-20-18-16-14-12-10-8-6-2)53-63-57(60)50-46-42-38-34-30-27-23-24-28-32-36-40-44-48-54(3)4/h54-55H,5-53H2,1-4H3/t55-/m1/s1. The average Bonchev–Trinajstić information content (AvgIpc) is 3.28. The fourth-order valence-electron chi connectivity index (χ4n) is 8.92. The van der Waals surface area contributed by atoms with Gasteiger partial charge in [-0.1, -0.05) is 291 Å². The molecule has 0 saturated heterocycles. The van der Waals surface area contributed by atoms with E-state index in [1.54, 1.807) is 0 Å². The summed E-state index contributed by atoms with van der Waals surface area (Å²) in [4.78, 5) is 38.1. The van der Waals surface area contributed by atoms with Gasteiger partial charge in [0.25, 0.3) is 0 Å². The van der Waals surface area contributed by atoms with Gasteiger partial charge in [-0.3, -0.25) is 14.4 Å².